The van der Waals surface area contributed by atoms with Gasteiger partial charge in [0.2, 0.25) is 0 Å². The predicted molar refractivity (Wildman–Crippen MR) is 16.3 cm³/mol. The van der Waals surface area contributed by atoms with E-state index in [0.717, 1.165) is 6.21 Å². The monoisotopic (exact) mass is 77.0 g/mol. The number of hydrogen-bond donors (Lipinski definition) is 1. The van der Waals surface area contributed by atoms with E-state index in [1.165, 1.54) is 0 Å². The van der Waals surface area contributed by atoms with Crippen molar-refractivity contribution in [2.75, 3.05) is 6.67 Å². The summed E-state index contributed by atoms with van der Waals surface area (Å²) in [5, 5.41) is 9.75. The summed E-state index contributed by atoms with van der Waals surface area (Å²) in [5.74, 6) is 0. The molecule has 0 rings (SSSR count). The number of nitrogens with zero attached hydrogens (tertiary/aromatic N) is 1. The van der Waals surface area contributed by atoms with Gasteiger partial charge >= 0.3 is 0 Å². The second-order valence-corrected chi connectivity index (χ2v) is 0.452. The number of halogens is 1. The molecule has 0 aromatic carbocycles. The molecule has 0 aromatic heterocycles. The molecule has 0 radical (unpaired) electrons. The maximum atomic E-state index is 10.7. The van der Waals surface area contributed by atoms with Gasteiger partial charge in [0.15, 0.2) is 0 Å². The zero-order valence-corrected chi connectivity index (χ0v) is 2.56. The van der Waals surface area contributed by atoms with Gasteiger partial charge in [-0.3, -0.25) is 0 Å². The fourth-order valence-electron chi connectivity index (χ4n) is 0.0309. The zero-order valence-electron chi connectivity index (χ0n) is 2.56. The van der Waals surface area contributed by atoms with Crippen LogP contribution in [0.15, 0.2) is 5.16 Å². The van der Waals surface area contributed by atoms with Crippen molar-refractivity contribution in [3.63, 3.8) is 0 Å². The van der Waals surface area contributed by atoms with Crippen LogP contribution in [0.25, 0.3) is 0 Å². The average Bonchev–Trinajstić information content (AvgIpc) is 1.41. The van der Waals surface area contributed by atoms with E-state index < -0.39 is 6.67 Å². The molecule has 0 aliphatic rings. The van der Waals surface area contributed by atoms with Crippen LogP contribution in [0.3, 0.4) is 0 Å². The molecule has 0 saturated heterocycles. The minimum absolute atomic E-state index is 0.698. The number of alkyl halides is 1. The van der Waals surface area contributed by atoms with Crippen LogP contribution < -0.4 is 0 Å². The Kier molecular flexibility index (Phi) is 2.99. The third-order valence-electron chi connectivity index (χ3n) is 0.151. The van der Waals surface area contributed by atoms with Gasteiger partial charge in [-0.2, -0.15) is 0 Å². The van der Waals surface area contributed by atoms with Crippen molar-refractivity contribution in [1.82, 2.24) is 0 Å². The fraction of sp³-hybridized carbons (Fsp3) is 0.500. The second kappa shape index (κ2) is 3.40. The first-order chi connectivity index (χ1) is 2.41. The summed E-state index contributed by atoms with van der Waals surface area (Å²) >= 11 is 0. The first-order valence-corrected chi connectivity index (χ1v) is 1.13. The second-order valence-electron chi connectivity index (χ2n) is 0.452. The van der Waals surface area contributed by atoms with Crippen LogP contribution in [0.1, 0.15) is 0 Å². The highest BCUT2D eigenvalue weighted by molar-refractivity contribution is 5.56. The molecule has 0 fully saturated rings. The third-order valence-corrected chi connectivity index (χ3v) is 0.151. The molecule has 2 nitrogen and oxygen atoms in total. The molecule has 30 valence electrons. The molecule has 0 atom stereocenters. The van der Waals surface area contributed by atoms with Crippen LogP contribution in [0.2, 0.25) is 0 Å². The third kappa shape index (κ3) is 3.40. The van der Waals surface area contributed by atoms with Crippen LogP contribution in [0.5, 0.6) is 0 Å². The van der Waals surface area contributed by atoms with Crippen molar-refractivity contribution in [2.24, 2.45) is 5.16 Å². The Morgan fingerprint density at radius 3 is 2.60 bits per heavy atom. The first-order valence-electron chi connectivity index (χ1n) is 1.13. The highest BCUT2D eigenvalue weighted by Gasteiger charge is 1.59. The maximum absolute atomic E-state index is 10.7. The lowest BCUT2D eigenvalue weighted by atomic mass is 10.9. The van der Waals surface area contributed by atoms with Gasteiger partial charge in [0.25, 0.3) is 0 Å². The minimum atomic E-state index is -0.698. The van der Waals surface area contributed by atoms with Crippen LogP contribution in [-0.4, -0.2) is 18.1 Å². The molecule has 1 N–H and O–H groups in total. The Morgan fingerprint density at radius 1 is 2.00 bits per heavy atom. The van der Waals surface area contributed by atoms with E-state index in [1.807, 2.05) is 0 Å². The Bertz CT molecular complexity index is 36.6. The highest BCUT2D eigenvalue weighted by atomic mass is 19.1. The molecule has 0 spiro atoms. The quantitative estimate of drug-likeness (QED) is 0.274. The van der Waals surface area contributed by atoms with E-state index in [4.69, 9.17) is 5.21 Å². The maximum Gasteiger partial charge on any atom is 0.128 e. The van der Waals surface area contributed by atoms with Gasteiger partial charge < -0.3 is 5.21 Å². The van der Waals surface area contributed by atoms with Crippen molar-refractivity contribution in [3.8, 4) is 0 Å². The Hall–Kier alpha value is -0.600. The summed E-state index contributed by atoms with van der Waals surface area (Å²) in [6, 6.07) is 0. The van der Waals surface area contributed by atoms with Crippen LogP contribution in [0, 0.1) is 0 Å². The molecule has 0 aliphatic heterocycles. The van der Waals surface area contributed by atoms with Crippen molar-refractivity contribution in [2.45, 2.75) is 0 Å². The predicted octanol–water partition coefficient (Wildman–Crippen LogP) is 0.416. The van der Waals surface area contributed by atoms with Gasteiger partial charge in [-0.15, -0.1) is 0 Å². The van der Waals surface area contributed by atoms with Crippen molar-refractivity contribution in [3.05, 3.63) is 0 Å². The molecule has 0 aliphatic carbocycles. The van der Waals surface area contributed by atoms with Gasteiger partial charge in [0.1, 0.15) is 6.67 Å². The van der Waals surface area contributed by atoms with E-state index in [0.29, 0.717) is 0 Å². The van der Waals surface area contributed by atoms with E-state index in [9.17, 15) is 4.39 Å². The number of oxime groups is 1. The van der Waals surface area contributed by atoms with Gasteiger partial charge in [0, 0.05) is 0 Å². The number of hydrogen-bond acceptors (Lipinski definition) is 2. The summed E-state index contributed by atoms with van der Waals surface area (Å²) in [5.41, 5.74) is 0. The summed E-state index contributed by atoms with van der Waals surface area (Å²) in [7, 11) is 0. The Morgan fingerprint density at radius 2 is 2.60 bits per heavy atom. The minimum Gasteiger partial charge on any atom is -0.411 e. The topological polar surface area (TPSA) is 32.6 Å². The standard InChI is InChI=1S/C2H4FNO/c3-1-2-4-5/h2,5H,1H2. The van der Waals surface area contributed by atoms with Crippen LogP contribution in [-0.2, 0) is 0 Å². The van der Waals surface area contributed by atoms with Gasteiger partial charge in [0.05, 0.1) is 6.21 Å². The molecular formula is C2H4FNO. The van der Waals surface area contributed by atoms with Crippen LogP contribution in [0.4, 0.5) is 4.39 Å². The lowest BCUT2D eigenvalue weighted by Crippen LogP contribution is -1.69. The molecular weight excluding hydrogens is 73.0 g/mol. The largest absolute Gasteiger partial charge is 0.411 e. The molecule has 0 bridgehead atoms. The average molecular weight is 77.1 g/mol. The molecule has 0 heterocycles. The van der Waals surface area contributed by atoms with E-state index in [-0.39, 0.29) is 0 Å². The summed E-state index contributed by atoms with van der Waals surface area (Å²) in [4.78, 5) is 0. The normalized spacial score (nSPS) is 9.80. The van der Waals surface area contributed by atoms with Crippen molar-refractivity contribution >= 4 is 6.21 Å². The molecule has 5 heavy (non-hydrogen) atoms. The fourth-order valence-corrected chi connectivity index (χ4v) is 0.0309. The highest BCUT2D eigenvalue weighted by Crippen LogP contribution is 1.54. The first kappa shape index (κ1) is 4.40. The van der Waals surface area contributed by atoms with Gasteiger partial charge in [-0.05, 0) is 0 Å². The van der Waals surface area contributed by atoms with Crippen LogP contribution >= 0.6 is 0 Å². The SMILES string of the molecule is ON=CCF. The van der Waals surface area contributed by atoms with E-state index >= 15 is 0 Å². The molecule has 0 unspecified atom stereocenters. The molecule has 0 amide bonds. The zero-order chi connectivity index (χ0) is 4.12. The summed E-state index contributed by atoms with van der Waals surface area (Å²) in [6.07, 6.45) is 0.764. The Labute approximate surface area is 28.9 Å². The Balaban J connectivity index is 2.62. The number of rotatable bonds is 1. The van der Waals surface area contributed by atoms with Gasteiger partial charge in [-0.25, -0.2) is 4.39 Å². The molecule has 0 aromatic rings. The van der Waals surface area contributed by atoms with Gasteiger partial charge in [-0.1, -0.05) is 5.16 Å². The molecule has 3 heteroatoms. The lowest BCUT2D eigenvalue weighted by molar-refractivity contribution is 0.319. The summed E-state index contributed by atoms with van der Waals surface area (Å²) < 4.78 is 10.7. The van der Waals surface area contributed by atoms with E-state index in [1.54, 1.807) is 0 Å². The molecule has 0 saturated carbocycles. The smallest absolute Gasteiger partial charge is 0.128 e. The van der Waals surface area contributed by atoms with E-state index in [2.05, 4.69) is 5.16 Å². The lowest BCUT2D eigenvalue weighted by Gasteiger charge is -1.62. The van der Waals surface area contributed by atoms with Crippen molar-refractivity contribution in [1.29, 1.82) is 0 Å². The van der Waals surface area contributed by atoms with Crippen molar-refractivity contribution < 1.29 is 9.60 Å². The summed E-state index contributed by atoms with van der Waals surface area (Å²) in [6.45, 7) is -0.698.